The highest BCUT2D eigenvalue weighted by Gasteiger charge is 2.12. The Kier molecular flexibility index (Phi) is 6.62. The number of nitriles is 1. The van der Waals surface area contributed by atoms with Crippen molar-refractivity contribution in [1.29, 1.82) is 5.26 Å². The normalized spacial score (nSPS) is 10.9. The van der Waals surface area contributed by atoms with Crippen LogP contribution in [0.25, 0.3) is 0 Å². The number of amides is 1. The molecule has 128 valence electrons. The topological polar surface area (TPSA) is 64.9 Å². The summed E-state index contributed by atoms with van der Waals surface area (Å²) in [6, 6.07) is 14.9. The Morgan fingerprint density at radius 1 is 1.12 bits per heavy atom. The van der Waals surface area contributed by atoms with Crippen molar-refractivity contribution in [2.24, 2.45) is 0 Å². The molecular weight excluding hydrogens is 334 g/mol. The van der Waals surface area contributed by atoms with Gasteiger partial charge in [-0.3, -0.25) is 4.79 Å². The molecule has 2 aromatic carbocycles. The van der Waals surface area contributed by atoms with Gasteiger partial charge in [0.05, 0.1) is 10.7 Å². The molecule has 0 heterocycles. The van der Waals surface area contributed by atoms with E-state index in [2.05, 4.69) is 24.5 Å². The van der Waals surface area contributed by atoms with Crippen LogP contribution in [0.4, 0.5) is 11.4 Å². The Labute approximate surface area is 153 Å². The number of para-hydroxylation sites is 2. The van der Waals surface area contributed by atoms with Crippen molar-refractivity contribution >= 4 is 28.9 Å². The summed E-state index contributed by atoms with van der Waals surface area (Å²) in [5.41, 5.74) is 3.68. The first-order chi connectivity index (χ1) is 12.1. The molecule has 0 radical (unpaired) electrons. The molecule has 4 nitrogen and oxygen atoms in total. The van der Waals surface area contributed by atoms with Gasteiger partial charge in [-0.2, -0.15) is 5.26 Å². The minimum atomic E-state index is -0.505. The molecule has 2 rings (SSSR count). The van der Waals surface area contributed by atoms with Crippen LogP contribution in [0.15, 0.2) is 54.2 Å². The molecule has 0 aliphatic carbocycles. The van der Waals surface area contributed by atoms with Gasteiger partial charge in [0.25, 0.3) is 5.91 Å². The molecule has 0 bridgehead atoms. The van der Waals surface area contributed by atoms with Gasteiger partial charge < -0.3 is 10.6 Å². The third-order valence-corrected chi connectivity index (χ3v) is 4.18. The number of halogens is 1. The van der Waals surface area contributed by atoms with Gasteiger partial charge in [-0.1, -0.05) is 55.8 Å². The summed E-state index contributed by atoms with van der Waals surface area (Å²) >= 11 is 6.04. The number of nitrogens with zero attached hydrogens (tertiary/aromatic N) is 1. The van der Waals surface area contributed by atoms with Crippen LogP contribution in [0.2, 0.25) is 5.02 Å². The van der Waals surface area contributed by atoms with E-state index in [1.54, 1.807) is 24.3 Å². The number of benzene rings is 2. The van der Waals surface area contributed by atoms with E-state index in [0.29, 0.717) is 10.7 Å². The largest absolute Gasteiger partial charge is 0.360 e. The lowest BCUT2D eigenvalue weighted by Crippen LogP contribution is -2.15. The molecule has 0 fully saturated rings. The lowest BCUT2D eigenvalue weighted by atomic mass is 10.0. The first-order valence-electron chi connectivity index (χ1n) is 8.14. The summed E-state index contributed by atoms with van der Waals surface area (Å²) in [6.07, 6.45) is 3.16. The fourth-order valence-electron chi connectivity index (χ4n) is 2.47. The highest BCUT2D eigenvalue weighted by molar-refractivity contribution is 6.33. The lowest BCUT2D eigenvalue weighted by molar-refractivity contribution is -0.112. The fourth-order valence-corrected chi connectivity index (χ4v) is 2.66. The molecule has 0 saturated carbocycles. The molecule has 0 aliphatic heterocycles. The van der Waals surface area contributed by atoms with Crippen LogP contribution in [0.5, 0.6) is 0 Å². The summed E-state index contributed by atoms with van der Waals surface area (Å²) in [5.74, 6) is -0.505. The second-order valence-corrected chi connectivity index (χ2v) is 5.81. The van der Waals surface area contributed by atoms with Crippen LogP contribution in [-0.4, -0.2) is 5.91 Å². The highest BCUT2D eigenvalue weighted by Crippen LogP contribution is 2.23. The maximum absolute atomic E-state index is 12.3. The second-order valence-electron chi connectivity index (χ2n) is 5.41. The predicted molar refractivity (Wildman–Crippen MR) is 103 cm³/mol. The van der Waals surface area contributed by atoms with Gasteiger partial charge in [0.15, 0.2) is 0 Å². The predicted octanol–water partition coefficient (Wildman–Crippen LogP) is 4.92. The summed E-state index contributed by atoms with van der Waals surface area (Å²) in [6.45, 7) is 4.14. The minimum Gasteiger partial charge on any atom is -0.360 e. The van der Waals surface area contributed by atoms with E-state index < -0.39 is 5.91 Å². The quantitative estimate of drug-likeness (QED) is 0.572. The Bertz CT molecular complexity index is 815. The number of hydrogen-bond donors (Lipinski definition) is 2. The number of anilines is 2. The standard InChI is InChI=1S/C20H20ClN3O/c1-3-14-8-7-9-15(4-2)19(14)23-13-16(12-22)20(25)24-18-11-6-5-10-17(18)21/h5-11,13,23H,3-4H2,1-2H3,(H,24,25)/b16-13-. The van der Waals surface area contributed by atoms with E-state index in [9.17, 15) is 10.1 Å². The van der Waals surface area contributed by atoms with Crippen molar-refractivity contribution in [3.63, 3.8) is 0 Å². The van der Waals surface area contributed by atoms with Crippen LogP contribution in [0.1, 0.15) is 25.0 Å². The number of carbonyl (C=O) groups is 1. The molecule has 1 amide bonds. The van der Waals surface area contributed by atoms with E-state index >= 15 is 0 Å². The van der Waals surface area contributed by atoms with Crippen molar-refractivity contribution in [2.45, 2.75) is 26.7 Å². The molecule has 0 aliphatic rings. The zero-order valence-corrected chi connectivity index (χ0v) is 15.0. The number of carbonyl (C=O) groups excluding carboxylic acids is 1. The zero-order chi connectivity index (χ0) is 18.2. The van der Waals surface area contributed by atoms with Crippen LogP contribution >= 0.6 is 11.6 Å². The lowest BCUT2D eigenvalue weighted by Gasteiger charge is -2.13. The SMILES string of the molecule is CCc1cccc(CC)c1N/C=C(/C#N)C(=O)Nc1ccccc1Cl. The summed E-state index contributed by atoms with van der Waals surface area (Å²) < 4.78 is 0. The Morgan fingerprint density at radius 2 is 1.76 bits per heavy atom. The summed E-state index contributed by atoms with van der Waals surface area (Å²) in [7, 11) is 0. The molecule has 25 heavy (non-hydrogen) atoms. The van der Waals surface area contributed by atoms with Gasteiger partial charge in [0.2, 0.25) is 0 Å². The van der Waals surface area contributed by atoms with E-state index in [1.807, 2.05) is 24.3 Å². The van der Waals surface area contributed by atoms with Crippen molar-refractivity contribution < 1.29 is 4.79 Å². The number of nitrogens with one attached hydrogen (secondary N) is 2. The van der Waals surface area contributed by atoms with Crippen molar-refractivity contribution in [1.82, 2.24) is 0 Å². The number of hydrogen-bond acceptors (Lipinski definition) is 3. The van der Waals surface area contributed by atoms with E-state index in [-0.39, 0.29) is 5.57 Å². The van der Waals surface area contributed by atoms with Crippen molar-refractivity contribution in [3.8, 4) is 6.07 Å². The summed E-state index contributed by atoms with van der Waals surface area (Å²) in [5, 5.41) is 15.5. The Morgan fingerprint density at radius 3 is 2.32 bits per heavy atom. The zero-order valence-electron chi connectivity index (χ0n) is 14.3. The molecule has 2 aromatic rings. The first kappa shape index (κ1) is 18.6. The maximum Gasteiger partial charge on any atom is 0.267 e. The van der Waals surface area contributed by atoms with E-state index in [4.69, 9.17) is 11.6 Å². The van der Waals surface area contributed by atoms with E-state index in [1.165, 1.54) is 6.20 Å². The smallest absolute Gasteiger partial charge is 0.267 e. The molecule has 0 saturated heterocycles. The van der Waals surface area contributed by atoms with E-state index in [0.717, 1.165) is 29.7 Å². The Balaban J connectivity index is 2.23. The van der Waals surface area contributed by atoms with Gasteiger partial charge >= 0.3 is 0 Å². The van der Waals surface area contributed by atoms with Crippen LogP contribution < -0.4 is 10.6 Å². The molecule has 0 unspecified atom stereocenters. The average molecular weight is 354 g/mol. The summed E-state index contributed by atoms with van der Waals surface area (Å²) in [4.78, 5) is 12.3. The van der Waals surface area contributed by atoms with Crippen LogP contribution in [0, 0.1) is 11.3 Å². The van der Waals surface area contributed by atoms with Crippen LogP contribution in [0.3, 0.4) is 0 Å². The highest BCUT2D eigenvalue weighted by atomic mass is 35.5. The van der Waals surface area contributed by atoms with Crippen LogP contribution in [-0.2, 0) is 17.6 Å². The number of aryl methyl sites for hydroxylation is 2. The van der Waals surface area contributed by atoms with Gasteiger partial charge in [-0.25, -0.2) is 0 Å². The van der Waals surface area contributed by atoms with Gasteiger partial charge in [-0.05, 0) is 36.1 Å². The van der Waals surface area contributed by atoms with Crippen molar-refractivity contribution in [3.05, 3.63) is 70.4 Å². The van der Waals surface area contributed by atoms with Gasteiger partial charge in [0.1, 0.15) is 11.6 Å². The van der Waals surface area contributed by atoms with Crippen molar-refractivity contribution in [2.75, 3.05) is 10.6 Å². The molecule has 5 heteroatoms. The maximum atomic E-state index is 12.3. The molecule has 0 spiro atoms. The third kappa shape index (κ3) is 4.62. The minimum absolute atomic E-state index is 0.0205. The molecule has 2 N–H and O–H groups in total. The molecule has 0 aromatic heterocycles. The third-order valence-electron chi connectivity index (χ3n) is 3.85. The second kappa shape index (κ2) is 8.91. The average Bonchev–Trinajstić information content (AvgIpc) is 2.64. The molecule has 0 atom stereocenters. The fraction of sp³-hybridized carbons (Fsp3) is 0.200. The Hall–Kier alpha value is -2.77. The number of rotatable bonds is 6. The molecular formula is C20H20ClN3O. The van der Waals surface area contributed by atoms with Gasteiger partial charge in [0, 0.05) is 11.9 Å². The van der Waals surface area contributed by atoms with Gasteiger partial charge in [-0.15, -0.1) is 0 Å². The first-order valence-corrected chi connectivity index (χ1v) is 8.51. The monoisotopic (exact) mass is 353 g/mol.